The number of aryl methyl sites for hydroxylation is 1. The highest BCUT2D eigenvalue weighted by Crippen LogP contribution is 2.29. The smallest absolute Gasteiger partial charge is 0.0378 e. The molecule has 2 bridgehead atoms. The van der Waals surface area contributed by atoms with E-state index in [1.54, 1.807) is 0 Å². The molecule has 49 heavy (non-hydrogen) atoms. The highest BCUT2D eigenvalue weighted by atomic mass is 14.9. The van der Waals surface area contributed by atoms with Crippen molar-refractivity contribution in [2.75, 3.05) is 0 Å². The molecule has 0 spiro atoms. The Morgan fingerprint density at radius 2 is 1.76 bits per heavy atom. The molecule has 1 N–H and O–H groups in total. The zero-order chi connectivity index (χ0) is 35.1. The van der Waals surface area contributed by atoms with Crippen molar-refractivity contribution >= 4 is 27.1 Å². The van der Waals surface area contributed by atoms with Crippen LogP contribution >= 0.6 is 0 Å². The second-order valence-electron chi connectivity index (χ2n) is 12.9. The zero-order valence-corrected chi connectivity index (χ0v) is 30.1. The summed E-state index contributed by atoms with van der Waals surface area (Å²) < 4.78 is 0. The molecule has 0 saturated carbocycles. The van der Waals surface area contributed by atoms with Crippen LogP contribution in [0.1, 0.15) is 52.5 Å². The molecule has 0 aromatic heterocycles. The predicted molar refractivity (Wildman–Crippen MR) is 218 cm³/mol. The number of rotatable bonds is 9. The third-order valence-electron chi connectivity index (χ3n) is 9.31. The molecular formula is C48H53N. The Kier molecular flexibility index (Phi) is 13.8. The molecular weight excluding hydrogens is 591 g/mol. The molecule has 2 aliphatic carbocycles. The molecule has 250 valence electrons. The molecule has 5 rings (SSSR count). The van der Waals surface area contributed by atoms with E-state index in [0.29, 0.717) is 5.92 Å². The van der Waals surface area contributed by atoms with Crippen molar-refractivity contribution in [2.45, 2.75) is 53.9 Å². The van der Waals surface area contributed by atoms with Crippen molar-refractivity contribution in [2.24, 2.45) is 11.3 Å². The molecule has 0 amide bonds. The summed E-state index contributed by atoms with van der Waals surface area (Å²) in [5.41, 5.74) is 6.33. The van der Waals surface area contributed by atoms with Crippen LogP contribution in [0.4, 0.5) is 0 Å². The monoisotopic (exact) mass is 643 g/mol. The van der Waals surface area contributed by atoms with Gasteiger partial charge < -0.3 is 5.32 Å². The average molecular weight is 644 g/mol. The molecule has 1 nitrogen and oxygen atoms in total. The molecule has 3 aromatic rings. The van der Waals surface area contributed by atoms with Gasteiger partial charge in [0.25, 0.3) is 0 Å². The number of benzene rings is 2. The van der Waals surface area contributed by atoms with E-state index in [1.807, 2.05) is 18.2 Å². The van der Waals surface area contributed by atoms with Gasteiger partial charge in [-0.05, 0) is 102 Å². The van der Waals surface area contributed by atoms with Gasteiger partial charge in [0, 0.05) is 22.7 Å². The van der Waals surface area contributed by atoms with Crippen LogP contribution in [0.25, 0.3) is 27.1 Å². The Balaban J connectivity index is 0.000000225. The SMILES string of the molecule is C=C/C=C\C(=C/C)C1C=CC(N/C(C=C)=C/C=C/C2(C)C=CC=CC2)=CC1.CC/C(C)=c1/cccc2c3cccccccc(c3)c(C)c12. The van der Waals surface area contributed by atoms with E-state index in [1.165, 1.54) is 43.5 Å². The largest absolute Gasteiger partial charge is 0.356 e. The number of fused-ring (bicyclic) bond motifs is 4. The van der Waals surface area contributed by atoms with Gasteiger partial charge in [-0.1, -0.05) is 166 Å². The van der Waals surface area contributed by atoms with E-state index in [9.17, 15) is 0 Å². The van der Waals surface area contributed by atoms with Gasteiger partial charge in [-0.3, -0.25) is 0 Å². The predicted octanol–water partition coefficient (Wildman–Crippen LogP) is 12.6. The quantitative estimate of drug-likeness (QED) is 0.229. The summed E-state index contributed by atoms with van der Waals surface area (Å²) >= 11 is 0. The van der Waals surface area contributed by atoms with Gasteiger partial charge in [-0.25, -0.2) is 0 Å². The zero-order valence-electron chi connectivity index (χ0n) is 30.1. The molecule has 0 radical (unpaired) electrons. The van der Waals surface area contributed by atoms with Crippen LogP contribution in [0.15, 0.2) is 188 Å². The summed E-state index contributed by atoms with van der Waals surface area (Å²) in [4.78, 5) is 0. The van der Waals surface area contributed by atoms with Crippen LogP contribution in [-0.2, 0) is 0 Å². The molecule has 2 unspecified atom stereocenters. The molecule has 2 aliphatic rings. The van der Waals surface area contributed by atoms with Gasteiger partial charge in [-0.15, -0.1) is 0 Å². The van der Waals surface area contributed by atoms with Crippen LogP contribution in [0, 0.1) is 18.3 Å². The second-order valence-corrected chi connectivity index (χ2v) is 12.9. The maximum absolute atomic E-state index is 3.93. The molecule has 3 aromatic carbocycles. The molecule has 0 aliphatic heterocycles. The molecule has 1 heteroatoms. The Hall–Kier alpha value is -5.14. The normalized spacial score (nSPS) is 19.8. The Morgan fingerprint density at radius 1 is 0.980 bits per heavy atom. The second kappa shape index (κ2) is 18.4. The summed E-state index contributed by atoms with van der Waals surface area (Å²) in [6.07, 6.45) is 34.8. The minimum Gasteiger partial charge on any atom is -0.356 e. The summed E-state index contributed by atoms with van der Waals surface area (Å²) in [5, 5.41) is 10.2. The van der Waals surface area contributed by atoms with E-state index >= 15 is 0 Å². The molecule has 0 fully saturated rings. The average Bonchev–Trinajstić information content (AvgIpc) is 3.13. The van der Waals surface area contributed by atoms with Crippen molar-refractivity contribution in [3.8, 4) is 0 Å². The Morgan fingerprint density at radius 3 is 2.41 bits per heavy atom. The summed E-state index contributed by atoms with van der Waals surface area (Å²) in [6, 6.07) is 23.8. The minimum atomic E-state index is 0.0939. The van der Waals surface area contributed by atoms with Gasteiger partial charge >= 0.3 is 0 Å². The van der Waals surface area contributed by atoms with E-state index in [2.05, 4.69) is 193 Å². The van der Waals surface area contributed by atoms with E-state index in [-0.39, 0.29) is 5.41 Å². The number of hydrogen-bond donors (Lipinski definition) is 1. The minimum absolute atomic E-state index is 0.0939. The molecule has 2 atom stereocenters. The van der Waals surface area contributed by atoms with Crippen LogP contribution in [0.5, 0.6) is 0 Å². The maximum Gasteiger partial charge on any atom is 0.0378 e. The first kappa shape index (κ1) is 36.7. The number of hydrogen-bond acceptors (Lipinski definition) is 1. The molecule has 0 saturated heterocycles. The Labute approximate surface area is 295 Å². The highest BCUT2D eigenvalue weighted by molar-refractivity contribution is 6.05. The maximum atomic E-state index is 3.93. The third kappa shape index (κ3) is 10.2. The van der Waals surface area contributed by atoms with Crippen LogP contribution < -0.4 is 10.5 Å². The van der Waals surface area contributed by atoms with Gasteiger partial charge in [0.05, 0.1) is 0 Å². The lowest BCUT2D eigenvalue weighted by Crippen LogP contribution is -2.13. The first-order chi connectivity index (χ1) is 23.8. The highest BCUT2D eigenvalue weighted by Gasteiger charge is 2.16. The third-order valence-corrected chi connectivity index (χ3v) is 9.31. The van der Waals surface area contributed by atoms with E-state index in [0.717, 1.165) is 30.7 Å². The van der Waals surface area contributed by atoms with Gasteiger partial charge in [-0.2, -0.15) is 0 Å². The van der Waals surface area contributed by atoms with Crippen LogP contribution in [-0.4, -0.2) is 0 Å². The van der Waals surface area contributed by atoms with Crippen molar-refractivity contribution in [3.05, 3.63) is 199 Å². The fourth-order valence-corrected chi connectivity index (χ4v) is 6.20. The van der Waals surface area contributed by atoms with Crippen LogP contribution in [0.2, 0.25) is 0 Å². The number of nitrogens with one attached hydrogen (secondary N) is 1. The number of allylic oxidation sites excluding steroid dienone is 16. The van der Waals surface area contributed by atoms with Crippen molar-refractivity contribution in [1.29, 1.82) is 0 Å². The molecule has 0 heterocycles. The fourth-order valence-electron chi connectivity index (χ4n) is 6.20. The topological polar surface area (TPSA) is 12.0 Å². The standard InChI is InChI=1S/C26H31N.C22H22/c1-5-8-13-22(6-2)23-15-17-25(18-16-23)27-24(7-3)14-12-21-26(4)19-10-9-11-20-26;1-4-16(2)20-13-10-14-21-19-12-9-7-5-6-8-11-18(15-19)17(3)22(20)21/h5-15,17-19,21,23,27H,1,3,16,20H2,2,4H3;5-15H,4H2,1-3H3/b13-8-,21-12+,22-6+,24-14+;6-5?,7-5?,8-6?,9-7?,11-8?,12-9?,18-11?,19-12?,20-16-. The summed E-state index contributed by atoms with van der Waals surface area (Å²) in [6.45, 7) is 18.7. The van der Waals surface area contributed by atoms with Gasteiger partial charge in [0.1, 0.15) is 0 Å². The summed E-state index contributed by atoms with van der Waals surface area (Å²) in [5.74, 6) is 0.416. The van der Waals surface area contributed by atoms with Gasteiger partial charge in [0.2, 0.25) is 0 Å². The summed E-state index contributed by atoms with van der Waals surface area (Å²) in [7, 11) is 0. The lowest BCUT2D eigenvalue weighted by atomic mass is 9.83. The van der Waals surface area contributed by atoms with Crippen molar-refractivity contribution in [3.63, 3.8) is 0 Å². The lowest BCUT2D eigenvalue weighted by Gasteiger charge is -2.21. The first-order valence-electron chi connectivity index (χ1n) is 17.5. The van der Waals surface area contributed by atoms with E-state index in [4.69, 9.17) is 0 Å². The Bertz CT molecular complexity index is 2000. The van der Waals surface area contributed by atoms with E-state index < -0.39 is 0 Å². The van der Waals surface area contributed by atoms with Crippen molar-refractivity contribution < 1.29 is 0 Å². The van der Waals surface area contributed by atoms with Crippen LogP contribution in [0.3, 0.4) is 0 Å². The fraction of sp³-hybridized carbons (Fsp3) is 0.208. The van der Waals surface area contributed by atoms with Gasteiger partial charge in [0.15, 0.2) is 0 Å². The lowest BCUT2D eigenvalue weighted by molar-refractivity contribution is 0.556. The van der Waals surface area contributed by atoms with Crippen molar-refractivity contribution in [1.82, 2.24) is 5.32 Å². The first-order valence-corrected chi connectivity index (χ1v) is 17.5.